The van der Waals surface area contributed by atoms with Gasteiger partial charge in [-0.25, -0.2) is 9.37 Å². The topological polar surface area (TPSA) is 54.5 Å². The molecule has 7 heteroatoms. The maximum Gasteiger partial charge on any atom is 0.255 e. The molecular weight excluding hydrogens is 369 g/mol. The van der Waals surface area contributed by atoms with E-state index in [0.29, 0.717) is 16.4 Å². The monoisotopic (exact) mass is 391 g/mol. The van der Waals surface area contributed by atoms with Gasteiger partial charge >= 0.3 is 0 Å². The Morgan fingerprint density at radius 2 is 2.04 bits per heavy atom. The van der Waals surface area contributed by atoms with Gasteiger partial charge in [0.1, 0.15) is 5.82 Å². The molecule has 1 atom stereocenters. The van der Waals surface area contributed by atoms with Gasteiger partial charge < -0.3 is 15.0 Å². The Morgan fingerprint density at radius 1 is 1.30 bits per heavy atom. The molecule has 0 spiro atoms. The van der Waals surface area contributed by atoms with Crippen molar-refractivity contribution in [3.63, 3.8) is 0 Å². The number of likely N-dealkylation sites (tertiary alicyclic amines) is 1. The number of carbonyl (C=O) groups excluding carboxylic acids is 1. The fourth-order valence-corrected chi connectivity index (χ4v) is 3.40. The summed E-state index contributed by atoms with van der Waals surface area (Å²) in [5.74, 6) is 0.185. The zero-order valence-corrected chi connectivity index (χ0v) is 16.2. The number of nitrogens with zero attached hydrogens (tertiary/aromatic N) is 2. The van der Waals surface area contributed by atoms with E-state index in [0.717, 1.165) is 37.9 Å². The standard InChI is InChI=1S/C20H23ClFN3O2/c1-13(14-6-7-18(27-2)17(22)11-14)24-19-16(21)10-15(12-23-19)20(26)25-8-4-3-5-9-25/h6-7,10-13H,3-5,8-9H2,1-2H3,(H,23,24). The van der Waals surface area contributed by atoms with Crippen LogP contribution in [-0.4, -0.2) is 36.0 Å². The minimum Gasteiger partial charge on any atom is -0.494 e. The van der Waals surface area contributed by atoms with Crippen molar-refractivity contribution in [3.8, 4) is 5.75 Å². The number of anilines is 1. The highest BCUT2D eigenvalue weighted by atomic mass is 35.5. The second kappa shape index (κ2) is 8.57. The van der Waals surface area contributed by atoms with Gasteiger partial charge in [0.25, 0.3) is 5.91 Å². The molecule has 0 aliphatic carbocycles. The highest BCUT2D eigenvalue weighted by Crippen LogP contribution is 2.28. The first-order valence-corrected chi connectivity index (χ1v) is 9.42. The molecule has 144 valence electrons. The smallest absolute Gasteiger partial charge is 0.255 e. The molecule has 1 unspecified atom stereocenters. The molecule has 2 heterocycles. The maximum absolute atomic E-state index is 13.9. The quantitative estimate of drug-likeness (QED) is 0.803. The predicted octanol–water partition coefficient (Wildman–Crippen LogP) is 4.68. The largest absolute Gasteiger partial charge is 0.494 e. The minimum atomic E-state index is -0.426. The fourth-order valence-electron chi connectivity index (χ4n) is 3.18. The number of methoxy groups -OCH3 is 1. The van der Waals surface area contributed by atoms with Gasteiger partial charge in [-0.2, -0.15) is 0 Å². The zero-order valence-electron chi connectivity index (χ0n) is 15.5. The molecule has 1 aliphatic rings. The van der Waals surface area contributed by atoms with Gasteiger partial charge in [-0.05, 0) is 49.9 Å². The van der Waals surface area contributed by atoms with E-state index in [1.165, 1.54) is 19.4 Å². The summed E-state index contributed by atoms with van der Waals surface area (Å²) in [6.07, 6.45) is 4.76. The number of piperidine rings is 1. The number of hydrogen-bond donors (Lipinski definition) is 1. The number of benzene rings is 1. The molecule has 1 amide bonds. The lowest BCUT2D eigenvalue weighted by Gasteiger charge is -2.26. The first-order chi connectivity index (χ1) is 13.0. The highest BCUT2D eigenvalue weighted by molar-refractivity contribution is 6.33. The molecule has 3 rings (SSSR count). The number of pyridine rings is 1. The van der Waals surface area contributed by atoms with Crippen LogP contribution in [0.25, 0.3) is 0 Å². The van der Waals surface area contributed by atoms with Crippen LogP contribution >= 0.6 is 11.6 Å². The van der Waals surface area contributed by atoms with Gasteiger partial charge in [-0.1, -0.05) is 17.7 Å². The molecule has 5 nitrogen and oxygen atoms in total. The van der Waals surface area contributed by atoms with Crippen LogP contribution in [-0.2, 0) is 0 Å². The molecule has 1 aromatic carbocycles. The molecule has 1 fully saturated rings. The van der Waals surface area contributed by atoms with Crippen LogP contribution in [0.2, 0.25) is 5.02 Å². The van der Waals surface area contributed by atoms with Crippen molar-refractivity contribution in [2.75, 3.05) is 25.5 Å². The Morgan fingerprint density at radius 3 is 2.67 bits per heavy atom. The van der Waals surface area contributed by atoms with E-state index in [1.807, 2.05) is 11.8 Å². The normalized spacial score (nSPS) is 15.3. The maximum atomic E-state index is 13.9. The Labute approximate surface area is 163 Å². The van der Waals surface area contributed by atoms with Crippen molar-refractivity contribution in [2.45, 2.75) is 32.2 Å². The van der Waals surface area contributed by atoms with Gasteiger partial charge in [0.2, 0.25) is 0 Å². The molecule has 1 aliphatic heterocycles. The van der Waals surface area contributed by atoms with Crippen molar-refractivity contribution < 1.29 is 13.9 Å². The third-order valence-corrected chi connectivity index (χ3v) is 5.05. The van der Waals surface area contributed by atoms with E-state index < -0.39 is 5.82 Å². The molecule has 1 N–H and O–H groups in total. The Hall–Kier alpha value is -2.34. The average Bonchev–Trinajstić information content (AvgIpc) is 2.69. The fraction of sp³-hybridized carbons (Fsp3) is 0.400. The van der Waals surface area contributed by atoms with Crippen LogP contribution in [0.1, 0.15) is 48.1 Å². The van der Waals surface area contributed by atoms with Crippen LogP contribution < -0.4 is 10.1 Å². The van der Waals surface area contributed by atoms with E-state index in [2.05, 4.69) is 10.3 Å². The van der Waals surface area contributed by atoms with Gasteiger partial charge in [-0.3, -0.25) is 4.79 Å². The van der Waals surface area contributed by atoms with Crippen LogP contribution in [0.3, 0.4) is 0 Å². The average molecular weight is 392 g/mol. The van der Waals surface area contributed by atoms with Crippen LogP contribution in [0.15, 0.2) is 30.5 Å². The molecule has 1 saturated heterocycles. The van der Waals surface area contributed by atoms with E-state index >= 15 is 0 Å². The molecule has 1 aromatic heterocycles. The first kappa shape index (κ1) is 19.4. The van der Waals surface area contributed by atoms with Gasteiger partial charge in [0.05, 0.1) is 23.7 Å². The first-order valence-electron chi connectivity index (χ1n) is 9.04. The SMILES string of the molecule is COc1ccc(C(C)Nc2ncc(C(=O)N3CCCCC3)cc2Cl)cc1F. The summed E-state index contributed by atoms with van der Waals surface area (Å²) in [7, 11) is 1.43. The highest BCUT2D eigenvalue weighted by Gasteiger charge is 2.20. The van der Waals surface area contributed by atoms with Crippen LogP contribution in [0.4, 0.5) is 10.2 Å². The number of nitrogens with one attached hydrogen (secondary N) is 1. The molecule has 0 radical (unpaired) electrons. The number of halogens is 2. The van der Waals surface area contributed by atoms with Crippen molar-refractivity contribution in [3.05, 3.63) is 52.4 Å². The van der Waals surface area contributed by atoms with Crippen LogP contribution in [0, 0.1) is 5.82 Å². The summed E-state index contributed by atoms with van der Waals surface area (Å²) in [5, 5.41) is 3.52. The van der Waals surface area contributed by atoms with Gasteiger partial charge in [-0.15, -0.1) is 0 Å². The third kappa shape index (κ3) is 4.50. The Bertz CT molecular complexity index is 825. The minimum absolute atomic E-state index is 0.0408. The van der Waals surface area contributed by atoms with Gasteiger partial charge in [0.15, 0.2) is 11.6 Å². The van der Waals surface area contributed by atoms with E-state index in [1.54, 1.807) is 18.2 Å². The zero-order chi connectivity index (χ0) is 19.4. The van der Waals surface area contributed by atoms with E-state index in [9.17, 15) is 9.18 Å². The van der Waals surface area contributed by atoms with Gasteiger partial charge in [0, 0.05) is 19.3 Å². The Kier molecular flexibility index (Phi) is 6.16. The number of hydrogen-bond acceptors (Lipinski definition) is 4. The number of ether oxygens (including phenoxy) is 1. The molecule has 0 saturated carbocycles. The van der Waals surface area contributed by atoms with Crippen molar-refractivity contribution in [1.82, 2.24) is 9.88 Å². The number of carbonyl (C=O) groups is 1. The summed E-state index contributed by atoms with van der Waals surface area (Å²) in [6, 6.07) is 6.19. The summed E-state index contributed by atoms with van der Waals surface area (Å²) in [4.78, 5) is 18.7. The summed E-state index contributed by atoms with van der Waals surface area (Å²) >= 11 is 6.33. The van der Waals surface area contributed by atoms with Crippen LogP contribution in [0.5, 0.6) is 5.75 Å². The third-order valence-electron chi connectivity index (χ3n) is 4.76. The second-order valence-corrected chi connectivity index (χ2v) is 7.07. The number of aromatic nitrogens is 1. The summed E-state index contributed by atoms with van der Waals surface area (Å²) in [6.45, 7) is 3.43. The summed E-state index contributed by atoms with van der Waals surface area (Å²) < 4.78 is 18.8. The number of amides is 1. The number of rotatable bonds is 5. The lowest BCUT2D eigenvalue weighted by molar-refractivity contribution is 0.0724. The second-order valence-electron chi connectivity index (χ2n) is 6.67. The molecule has 27 heavy (non-hydrogen) atoms. The molecular formula is C20H23ClFN3O2. The molecule has 0 bridgehead atoms. The predicted molar refractivity (Wildman–Crippen MR) is 104 cm³/mol. The van der Waals surface area contributed by atoms with E-state index in [4.69, 9.17) is 16.3 Å². The van der Waals surface area contributed by atoms with Crippen molar-refractivity contribution in [1.29, 1.82) is 0 Å². The lowest BCUT2D eigenvalue weighted by Crippen LogP contribution is -2.35. The molecule has 2 aromatic rings. The van der Waals surface area contributed by atoms with Crippen molar-refractivity contribution in [2.24, 2.45) is 0 Å². The Balaban J connectivity index is 1.72. The lowest BCUT2D eigenvalue weighted by atomic mass is 10.1. The summed E-state index contributed by atoms with van der Waals surface area (Å²) in [5.41, 5.74) is 1.22. The van der Waals surface area contributed by atoms with E-state index in [-0.39, 0.29) is 17.7 Å². The van der Waals surface area contributed by atoms with Crippen molar-refractivity contribution >= 4 is 23.3 Å².